The highest BCUT2D eigenvalue weighted by Gasteiger charge is 2.09. The summed E-state index contributed by atoms with van der Waals surface area (Å²) in [5.41, 5.74) is 2.99. The smallest absolute Gasteiger partial charge is 0.137 e. The van der Waals surface area contributed by atoms with Crippen LogP contribution in [0.2, 0.25) is 0 Å². The van der Waals surface area contributed by atoms with Crippen LogP contribution in [0.25, 0.3) is 17.0 Å². The van der Waals surface area contributed by atoms with Crippen LogP contribution in [-0.2, 0) is 11.2 Å². The number of thiazole rings is 1. The summed E-state index contributed by atoms with van der Waals surface area (Å²) >= 11 is 1.70. The Labute approximate surface area is 115 Å². The van der Waals surface area contributed by atoms with Gasteiger partial charge in [-0.15, -0.1) is 11.3 Å². The quantitative estimate of drug-likeness (QED) is 0.671. The summed E-state index contributed by atoms with van der Waals surface area (Å²) in [7, 11) is 1.73. The number of ether oxygens (including phenoxy) is 1. The van der Waals surface area contributed by atoms with Crippen molar-refractivity contribution < 1.29 is 4.74 Å². The van der Waals surface area contributed by atoms with Crippen molar-refractivity contribution in [3.05, 3.63) is 41.0 Å². The molecule has 4 nitrogen and oxygen atoms in total. The van der Waals surface area contributed by atoms with E-state index in [9.17, 15) is 0 Å². The van der Waals surface area contributed by atoms with Crippen LogP contribution in [0.15, 0.2) is 36.0 Å². The first-order chi connectivity index (χ1) is 9.38. The van der Waals surface area contributed by atoms with E-state index in [0.29, 0.717) is 0 Å². The van der Waals surface area contributed by atoms with Gasteiger partial charge in [0.25, 0.3) is 0 Å². The Hall–Kier alpha value is -1.72. The lowest BCUT2D eigenvalue weighted by atomic mass is 10.3. The van der Waals surface area contributed by atoms with E-state index in [4.69, 9.17) is 4.74 Å². The van der Waals surface area contributed by atoms with E-state index in [-0.39, 0.29) is 0 Å². The number of imidazole rings is 1. The van der Waals surface area contributed by atoms with Crippen molar-refractivity contribution in [2.24, 2.45) is 0 Å². The molecule has 0 aliphatic heterocycles. The molecule has 0 N–H and O–H groups in total. The van der Waals surface area contributed by atoms with E-state index in [1.165, 1.54) is 0 Å². The number of rotatable bonds is 5. The molecule has 0 radical (unpaired) electrons. The molecule has 0 amide bonds. The maximum Gasteiger partial charge on any atom is 0.137 e. The van der Waals surface area contributed by atoms with E-state index in [0.717, 1.165) is 41.5 Å². The number of pyridine rings is 1. The molecule has 3 aromatic rings. The molecular weight excluding hydrogens is 258 g/mol. The fraction of sp³-hybridized carbons (Fsp3) is 0.286. The molecule has 98 valence electrons. The van der Waals surface area contributed by atoms with Gasteiger partial charge in [0.2, 0.25) is 0 Å². The summed E-state index contributed by atoms with van der Waals surface area (Å²) in [4.78, 5) is 9.06. The average molecular weight is 273 g/mol. The average Bonchev–Trinajstić information content (AvgIpc) is 3.05. The molecule has 0 aliphatic carbocycles. The topological polar surface area (TPSA) is 39.4 Å². The highest BCUT2D eigenvalue weighted by Crippen LogP contribution is 2.23. The molecule has 0 saturated carbocycles. The van der Waals surface area contributed by atoms with Crippen molar-refractivity contribution in [2.75, 3.05) is 13.7 Å². The van der Waals surface area contributed by atoms with Crippen LogP contribution < -0.4 is 0 Å². The third-order valence-corrected chi connectivity index (χ3v) is 3.88. The number of aryl methyl sites for hydroxylation is 1. The molecule has 19 heavy (non-hydrogen) atoms. The Morgan fingerprint density at radius 1 is 1.37 bits per heavy atom. The zero-order valence-electron chi connectivity index (χ0n) is 10.7. The largest absolute Gasteiger partial charge is 0.385 e. The molecule has 5 heteroatoms. The van der Waals surface area contributed by atoms with Crippen molar-refractivity contribution in [1.82, 2.24) is 14.4 Å². The molecular formula is C14H15N3OS. The van der Waals surface area contributed by atoms with Gasteiger partial charge in [0.05, 0.1) is 22.6 Å². The second-order valence-electron chi connectivity index (χ2n) is 4.30. The Balaban J connectivity index is 1.86. The van der Waals surface area contributed by atoms with Crippen LogP contribution in [-0.4, -0.2) is 28.1 Å². The third kappa shape index (κ3) is 2.52. The Kier molecular flexibility index (Phi) is 3.57. The van der Waals surface area contributed by atoms with Gasteiger partial charge < -0.3 is 4.74 Å². The second-order valence-corrected chi connectivity index (χ2v) is 5.24. The zero-order chi connectivity index (χ0) is 13.1. The van der Waals surface area contributed by atoms with E-state index < -0.39 is 0 Å². The predicted molar refractivity (Wildman–Crippen MR) is 76.5 cm³/mol. The van der Waals surface area contributed by atoms with Gasteiger partial charge in [-0.25, -0.2) is 9.97 Å². The van der Waals surface area contributed by atoms with Crippen LogP contribution in [0.4, 0.5) is 0 Å². The first-order valence-electron chi connectivity index (χ1n) is 6.24. The van der Waals surface area contributed by atoms with E-state index in [2.05, 4.69) is 19.7 Å². The lowest BCUT2D eigenvalue weighted by Crippen LogP contribution is -1.92. The minimum absolute atomic E-state index is 0.782. The van der Waals surface area contributed by atoms with Gasteiger partial charge in [0, 0.05) is 31.7 Å². The van der Waals surface area contributed by atoms with Crippen molar-refractivity contribution in [2.45, 2.75) is 12.8 Å². The van der Waals surface area contributed by atoms with Crippen LogP contribution in [0, 0.1) is 0 Å². The Morgan fingerprint density at radius 2 is 2.32 bits per heavy atom. The van der Waals surface area contributed by atoms with Crippen LogP contribution in [0.5, 0.6) is 0 Å². The maximum absolute atomic E-state index is 5.06. The molecule has 0 spiro atoms. The number of hydrogen-bond acceptors (Lipinski definition) is 4. The van der Waals surface area contributed by atoms with Gasteiger partial charge in [-0.05, 0) is 18.6 Å². The van der Waals surface area contributed by atoms with Crippen LogP contribution >= 0.6 is 11.3 Å². The predicted octanol–water partition coefficient (Wildman–Crippen LogP) is 3.04. The Morgan fingerprint density at radius 3 is 3.21 bits per heavy atom. The maximum atomic E-state index is 5.06. The number of aromatic nitrogens is 3. The van der Waals surface area contributed by atoms with E-state index in [1.807, 2.05) is 30.6 Å². The number of nitrogens with zero attached hydrogens (tertiary/aromatic N) is 3. The molecule has 0 atom stereocenters. The summed E-state index contributed by atoms with van der Waals surface area (Å²) in [5.74, 6) is 0. The molecule has 0 bridgehead atoms. The summed E-state index contributed by atoms with van der Waals surface area (Å²) in [6.45, 7) is 0.782. The summed E-state index contributed by atoms with van der Waals surface area (Å²) in [5, 5.41) is 3.25. The van der Waals surface area contributed by atoms with Crippen molar-refractivity contribution in [3.63, 3.8) is 0 Å². The molecule has 0 aliphatic rings. The summed E-state index contributed by atoms with van der Waals surface area (Å²) in [6, 6.07) is 5.99. The molecule has 3 aromatic heterocycles. The van der Waals surface area contributed by atoms with Crippen molar-refractivity contribution in [1.29, 1.82) is 0 Å². The fourth-order valence-corrected chi connectivity index (χ4v) is 2.87. The number of hydrogen-bond donors (Lipinski definition) is 0. The highest BCUT2D eigenvalue weighted by molar-refractivity contribution is 7.09. The van der Waals surface area contributed by atoms with E-state index >= 15 is 0 Å². The standard InChI is InChI=1S/C14H15N3OS/c1-18-8-4-6-14-16-11(10-19-14)12-9-15-13-5-2-3-7-17(12)13/h2-3,5,7,9-10H,4,6,8H2,1H3. The normalized spacial score (nSPS) is 11.2. The number of fused-ring (bicyclic) bond motifs is 1. The van der Waals surface area contributed by atoms with Gasteiger partial charge >= 0.3 is 0 Å². The van der Waals surface area contributed by atoms with Gasteiger partial charge in [0.15, 0.2) is 0 Å². The van der Waals surface area contributed by atoms with Gasteiger partial charge in [0.1, 0.15) is 5.65 Å². The van der Waals surface area contributed by atoms with Crippen LogP contribution in [0.1, 0.15) is 11.4 Å². The SMILES string of the molecule is COCCCc1nc(-c2cnc3ccccn23)cs1. The molecule has 0 unspecified atom stereocenters. The second kappa shape index (κ2) is 5.50. The van der Waals surface area contributed by atoms with Crippen molar-refractivity contribution >= 4 is 17.0 Å². The molecule has 3 rings (SSSR count). The van der Waals surface area contributed by atoms with E-state index in [1.54, 1.807) is 18.4 Å². The first-order valence-corrected chi connectivity index (χ1v) is 7.12. The number of methoxy groups -OCH3 is 1. The molecule has 0 fully saturated rings. The highest BCUT2D eigenvalue weighted by atomic mass is 32.1. The van der Waals surface area contributed by atoms with Crippen molar-refractivity contribution in [3.8, 4) is 11.4 Å². The minimum atomic E-state index is 0.782. The van der Waals surface area contributed by atoms with Crippen LogP contribution in [0.3, 0.4) is 0 Å². The molecule has 3 heterocycles. The van der Waals surface area contributed by atoms with Gasteiger partial charge in [-0.1, -0.05) is 6.07 Å². The lowest BCUT2D eigenvalue weighted by molar-refractivity contribution is 0.195. The monoisotopic (exact) mass is 273 g/mol. The fourth-order valence-electron chi connectivity index (χ4n) is 2.03. The minimum Gasteiger partial charge on any atom is -0.385 e. The molecule has 0 aromatic carbocycles. The first kappa shape index (κ1) is 12.3. The summed E-state index contributed by atoms with van der Waals surface area (Å²) < 4.78 is 7.13. The lowest BCUT2D eigenvalue weighted by Gasteiger charge is -1.97. The Bertz CT molecular complexity index is 674. The zero-order valence-corrected chi connectivity index (χ0v) is 11.6. The van der Waals surface area contributed by atoms with Gasteiger partial charge in [-0.2, -0.15) is 0 Å². The van der Waals surface area contributed by atoms with Gasteiger partial charge in [-0.3, -0.25) is 4.40 Å². The third-order valence-electron chi connectivity index (χ3n) is 2.97. The summed E-state index contributed by atoms with van der Waals surface area (Å²) in [6.07, 6.45) is 5.87. The molecule has 0 saturated heterocycles.